The average molecular weight is 279 g/mol. The van der Waals surface area contributed by atoms with E-state index in [9.17, 15) is 10.1 Å². The highest BCUT2D eigenvalue weighted by molar-refractivity contribution is 5.43. The molecular formula is C14H21N3O3. The minimum absolute atomic E-state index is 0.108. The number of rotatable bonds is 4. The van der Waals surface area contributed by atoms with E-state index in [1.807, 2.05) is 0 Å². The van der Waals surface area contributed by atoms with Gasteiger partial charge in [-0.05, 0) is 19.9 Å². The van der Waals surface area contributed by atoms with Crippen molar-refractivity contribution in [2.45, 2.75) is 32.5 Å². The number of hydrogen-bond acceptors (Lipinski definition) is 5. The number of nitro benzene ring substituents is 1. The third kappa shape index (κ3) is 3.46. The normalized spacial score (nSPS) is 23.6. The van der Waals surface area contributed by atoms with Crippen LogP contribution in [0, 0.1) is 10.1 Å². The van der Waals surface area contributed by atoms with Crippen LogP contribution in [0.15, 0.2) is 18.2 Å². The Balaban J connectivity index is 2.18. The Kier molecular flexibility index (Phi) is 4.57. The maximum atomic E-state index is 10.9. The summed E-state index contributed by atoms with van der Waals surface area (Å²) < 4.78 is 5.31. The summed E-state index contributed by atoms with van der Waals surface area (Å²) in [6.07, 6.45) is 0. The van der Waals surface area contributed by atoms with Crippen molar-refractivity contribution in [3.63, 3.8) is 0 Å². The molecule has 20 heavy (non-hydrogen) atoms. The number of non-ortho nitro benzene ring substituents is 1. The second-order valence-electron chi connectivity index (χ2n) is 5.42. The highest BCUT2D eigenvalue weighted by Gasteiger charge is 2.22. The summed E-state index contributed by atoms with van der Waals surface area (Å²) in [7, 11) is 1.59. The highest BCUT2D eigenvalue weighted by atomic mass is 16.6. The van der Waals surface area contributed by atoms with E-state index in [2.05, 4.69) is 24.1 Å². The van der Waals surface area contributed by atoms with Crippen LogP contribution in [0.3, 0.4) is 0 Å². The standard InChI is InChI=1S/C14H21N3O3/c1-10-7-16(8-11(2)15-10)9-12-6-13(17(18)19)4-5-14(12)20-3/h4-6,10-11,15H,7-9H2,1-3H3. The molecule has 6 heteroatoms. The second kappa shape index (κ2) is 6.19. The molecule has 0 aromatic heterocycles. The van der Waals surface area contributed by atoms with Crippen LogP contribution in [-0.4, -0.2) is 42.1 Å². The second-order valence-corrected chi connectivity index (χ2v) is 5.42. The average Bonchev–Trinajstić information content (AvgIpc) is 2.37. The largest absolute Gasteiger partial charge is 0.496 e. The van der Waals surface area contributed by atoms with E-state index in [0.29, 0.717) is 24.4 Å². The third-order valence-corrected chi connectivity index (χ3v) is 3.50. The van der Waals surface area contributed by atoms with Crippen LogP contribution in [0.5, 0.6) is 5.75 Å². The number of hydrogen-bond donors (Lipinski definition) is 1. The van der Waals surface area contributed by atoms with Crippen LogP contribution in [0.4, 0.5) is 5.69 Å². The molecular weight excluding hydrogens is 258 g/mol. The van der Waals surface area contributed by atoms with Gasteiger partial charge >= 0.3 is 0 Å². The monoisotopic (exact) mass is 279 g/mol. The van der Waals surface area contributed by atoms with E-state index < -0.39 is 0 Å². The van der Waals surface area contributed by atoms with Crippen molar-refractivity contribution in [3.05, 3.63) is 33.9 Å². The summed E-state index contributed by atoms with van der Waals surface area (Å²) in [5.74, 6) is 0.703. The Morgan fingerprint density at radius 1 is 1.40 bits per heavy atom. The van der Waals surface area contributed by atoms with Crippen molar-refractivity contribution < 1.29 is 9.66 Å². The van der Waals surface area contributed by atoms with E-state index >= 15 is 0 Å². The van der Waals surface area contributed by atoms with Crippen LogP contribution in [0.25, 0.3) is 0 Å². The number of benzene rings is 1. The summed E-state index contributed by atoms with van der Waals surface area (Å²) in [5.41, 5.74) is 0.972. The molecule has 0 amide bonds. The van der Waals surface area contributed by atoms with Gasteiger partial charge in [0.1, 0.15) is 5.75 Å². The molecule has 1 heterocycles. The van der Waals surface area contributed by atoms with E-state index in [1.54, 1.807) is 19.2 Å². The Bertz CT molecular complexity index is 483. The lowest BCUT2D eigenvalue weighted by molar-refractivity contribution is -0.385. The molecule has 1 fully saturated rings. The van der Waals surface area contributed by atoms with Gasteiger partial charge in [0.15, 0.2) is 0 Å². The van der Waals surface area contributed by atoms with Crippen LogP contribution >= 0.6 is 0 Å². The van der Waals surface area contributed by atoms with E-state index in [0.717, 1.165) is 18.7 Å². The van der Waals surface area contributed by atoms with Crippen molar-refractivity contribution in [1.82, 2.24) is 10.2 Å². The summed E-state index contributed by atoms with van der Waals surface area (Å²) in [6.45, 7) is 6.81. The smallest absolute Gasteiger partial charge is 0.270 e. The number of piperazine rings is 1. The molecule has 1 aromatic rings. The lowest BCUT2D eigenvalue weighted by Crippen LogP contribution is -2.53. The van der Waals surface area contributed by atoms with Crippen molar-refractivity contribution in [3.8, 4) is 5.75 Å². The summed E-state index contributed by atoms with van der Waals surface area (Å²) in [6, 6.07) is 5.59. The first kappa shape index (κ1) is 14.7. The van der Waals surface area contributed by atoms with Crippen LogP contribution in [0.1, 0.15) is 19.4 Å². The zero-order valence-corrected chi connectivity index (χ0v) is 12.1. The fourth-order valence-electron chi connectivity index (χ4n) is 2.81. The van der Waals surface area contributed by atoms with Crippen molar-refractivity contribution in [2.75, 3.05) is 20.2 Å². The lowest BCUT2D eigenvalue weighted by Gasteiger charge is -2.36. The van der Waals surface area contributed by atoms with Gasteiger partial charge in [-0.15, -0.1) is 0 Å². The van der Waals surface area contributed by atoms with E-state index in [1.165, 1.54) is 6.07 Å². The molecule has 2 unspecified atom stereocenters. The molecule has 0 spiro atoms. The SMILES string of the molecule is COc1ccc([N+](=O)[O-])cc1CN1CC(C)NC(C)C1. The van der Waals surface area contributed by atoms with Gasteiger partial charge in [0.25, 0.3) is 5.69 Å². The topological polar surface area (TPSA) is 67.6 Å². The molecule has 0 aliphatic carbocycles. The van der Waals surface area contributed by atoms with Crippen molar-refractivity contribution in [1.29, 1.82) is 0 Å². The third-order valence-electron chi connectivity index (χ3n) is 3.50. The molecule has 2 rings (SSSR count). The maximum absolute atomic E-state index is 10.9. The van der Waals surface area contributed by atoms with Crippen molar-refractivity contribution in [2.24, 2.45) is 0 Å². The quantitative estimate of drug-likeness (QED) is 0.672. The molecule has 1 N–H and O–H groups in total. The summed E-state index contributed by atoms with van der Waals surface area (Å²) in [4.78, 5) is 12.8. The van der Waals surface area contributed by atoms with Gasteiger partial charge < -0.3 is 10.1 Å². The highest BCUT2D eigenvalue weighted by Crippen LogP contribution is 2.25. The molecule has 0 radical (unpaired) electrons. The molecule has 2 atom stereocenters. The predicted octanol–water partition coefficient (Wildman–Crippen LogP) is 1.79. The van der Waals surface area contributed by atoms with Crippen molar-refractivity contribution >= 4 is 5.69 Å². The predicted molar refractivity (Wildman–Crippen MR) is 77.0 cm³/mol. The first-order valence-corrected chi connectivity index (χ1v) is 6.79. The molecule has 1 aliphatic heterocycles. The number of methoxy groups -OCH3 is 1. The van der Waals surface area contributed by atoms with Gasteiger partial charge in [-0.2, -0.15) is 0 Å². The van der Waals surface area contributed by atoms with Gasteiger partial charge in [-0.1, -0.05) is 0 Å². The maximum Gasteiger partial charge on any atom is 0.270 e. The molecule has 110 valence electrons. The Labute approximate surface area is 118 Å². The summed E-state index contributed by atoms with van der Waals surface area (Å²) >= 11 is 0. The zero-order chi connectivity index (χ0) is 14.7. The molecule has 6 nitrogen and oxygen atoms in total. The first-order valence-electron chi connectivity index (χ1n) is 6.79. The van der Waals surface area contributed by atoms with Gasteiger partial charge in [-0.25, -0.2) is 0 Å². The number of nitro groups is 1. The lowest BCUT2D eigenvalue weighted by atomic mass is 10.1. The Hall–Kier alpha value is -1.66. The van der Waals surface area contributed by atoms with Gasteiger partial charge in [0.05, 0.1) is 12.0 Å². The molecule has 0 bridgehead atoms. The van der Waals surface area contributed by atoms with Gasteiger partial charge in [-0.3, -0.25) is 15.0 Å². The molecule has 1 aromatic carbocycles. The number of ether oxygens (including phenoxy) is 1. The zero-order valence-electron chi connectivity index (χ0n) is 12.1. The number of nitrogens with zero attached hydrogens (tertiary/aromatic N) is 2. The fraction of sp³-hybridized carbons (Fsp3) is 0.571. The first-order chi connectivity index (χ1) is 9.49. The van der Waals surface area contributed by atoms with Crippen LogP contribution in [0.2, 0.25) is 0 Å². The minimum atomic E-state index is -0.369. The molecule has 1 aliphatic rings. The van der Waals surface area contributed by atoms with Crippen LogP contribution < -0.4 is 10.1 Å². The fourth-order valence-corrected chi connectivity index (χ4v) is 2.81. The van der Waals surface area contributed by atoms with Crippen LogP contribution in [-0.2, 0) is 6.54 Å². The molecule has 1 saturated heterocycles. The summed E-state index contributed by atoms with van der Waals surface area (Å²) in [5, 5.41) is 14.4. The van der Waals surface area contributed by atoms with E-state index in [4.69, 9.17) is 4.74 Å². The number of nitrogens with one attached hydrogen (secondary N) is 1. The van der Waals surface area contributed by atoms with Gasteiger partial charge in [0, 0.05) is 49.4 Å². The minimum Gasteiger partial charge on any atom is -0.496 e. The molecule has 0 saturated carbocycles. The Morgan fingerprint density at radius 2 is 2.05 bits per heavy atom. The van der Waals surface area contributed by atoms with E-state index in [-0.39, 0.29) is 10.6 Å². The Morgan fingerprint density at radius 3 is 2.60 bits per heavy atom. The van der Waals surface area contributed by atoms with Gasteiger partial charge in [0.2, 0.25) is 0 Å².